The molecule has 6 aromatic rings. The number of amides is 2. The summed E-state index contributed by atoms with van der Waals surface area (Å²) in [5.41, 5.74) is 10.8. The summed E-state index contributed by atoms with van der Waals surface area (Å²) in [6.07, 6.45) is -1.04. The lowest BCUT2D eigenvalue weighted by atomic mass is 10.00. The van der Waals surface area contributed by atoms with E-state index in [9.17, 15) is 18.0 Å². The Hall–Kier alpha value is -5.39. The molecular formula is C30H25F3N8O. The molecule has 0 unspecified atom stereocenters. The molecule has 42 heavy (non-hydrogen) atoms. The van der Waals surface area contributed by atoms with Gasteiger partial charge in [-0.2, -0.15) is 18.3 Å². The normalized spacial score (nSPS) is 11.8. The minimum absolute atomic E-state index is 0.0193. The highest BCUT2D eigenvalue weighted by Gasteiger charge is 2.30. The van der Waals surface area contributed by atoms with Crippen LogP contribution in [0.4, 0.5) is 35.2 Å². The molecule has 0 fully saturated rings. The van der Waals surface area contributed by atoms with Gasteiger partial charge in [-0.3, -0.25) is 9.08 Å². The maximum Gasteiger partial charge on any atom is 0.416 e. The number of alkyl halides is 3. The van der Waals surface area contributed by atoms with E-state index < -0.39 is 17.8 Å². The first-order chi connectivity index (χ1) is 20.0. The molecule has 0 aliphatic carbocycles. The van der Waals surface area contributed by atoms with E-state index in [2.05, 4.69) is 20.7 Å². The molecule has 2 amide bonds. The van der Waals surface area contributed by atoms with Crippen molar-refractivity contribution in [3.05, 3.63) is 90.1 Å². The lowest BCUT2D eigenvalue weighted by Gasteiger charge is -2.14. The van der Waals surface area contributed by atoms with Gasteiger partial charge in [-0.15, -0.1) is 0 Å². The molecule has 4 N–H and O–H groups in total. The van der Waals surface area contributed by atoms with Crippen LogP contribution in [0.25, 0.3) is 38.8 Å². The number of nitrogen functional groups attached to an aromatic ring is 1. The van der Waals surface area contributed by atoms with Crippen molar-refractivity contribution >= 4 is 39.5 Å². The van der Waals surface area contributed by atoms with E-state index in [1.807, 2.05) is 55.6 Å². The number of urea groups is 1. The highest BCUT2D eigenvalue weighted by molar-refractivity contribution is 6.11. The summed E-state index contributed by atoms with van der Waals surface area (Å²) in [5, 5.41) is 11.1. The van der Waals surface area contributed by atoms with Crippen molar-refractivity contribution in [3.8, 4) is 22.5 Å². The smallest absolute Gasteiger partial charge is 0.382 e. The number of benzene rings is 3. The number of aryl methyl sites for hydroxylation is 2. The summed E-state index contributed by atoms with van der Waals surface area (Å²) in [4.78, 5) is 22.2. The fourth-order valence-electron chi connectivity index (χ4n) is 5.11. The number of anilines is 3. The third-order valence-electron chi connectivity index (χ3n) is 7.24. The number of hydrogen-bond acceptors (Lipinski definition) is 5. The molecule has 0 radical (unpaired) electrons. The van der Waals surface area contributed by atoms with Gasteiger partial charge in [0.25, 0.3) is 0 Å². The van der Waals surface area contributed by atoms with Crippen LogP contribution in [-0.2, 0) is 13.2 Å². The van der Waals surface area contributed by atoms with E-state index in [1.54, 1.807) is 23.1 Å². The third kappa shape index (κ3) is 4.56. The van der Waals surface area contributed by atoms with Crippen molar-refractivity contribution in [1.82, 2.24) is 24.1 Å². The van der Waals surface area contributed by atoms with Gasteiger partial charge in [0, 0.05) is 34.9 Å². The van der Waals surface area contributed by atoms with Gasteiger partial charge in [0.1, 0.15) is 22.9 Å². The quantitative estimate of drug-likeness (QED) is 0.215. The number of nitrogens with two attached hydrogens (primary N) is 1. The van der Waals surface area contributed by atoms with Crippen LogP contribution in [0.5, 0.6) is 0 Å². The lowest BCUT2D eigenvalue weighted by Crippen LogP contribution is -2.20. The Morgan fingerprint density at radius 3 is 2.40 bits per heavy atom. The number of hydrogen-bond donors (Lipinski definition) is 3. The molecule has 0 aliphatic heterocycles. The number of carbonyl (C=O) groups excluding carboxylic acids is 1. The maximum absolute atomic E-state index is 13.1. The Balaban J connectivity index is 1.41. The van der Waals surface area contributed by atoms with Gasteiger partial charge < -0.3 is 16.4 Å². The summed E-state index contributed by atoms with van der Waals surface area (Å²) in [6.45, 7) is 3.86. The Morgan fingerprint density at radius 2 is 1.69 bits per heavy atom. The molecule has 3 aromatic heterocycles. The number of nitrogens with zero attached hydrogens (tertiary/aromatic N) is 5. The number of aromatic nitrogens is 5. The maximum atomic E-state index is 13.1. The molecule has 0 bridgehead atoms. The SMILES string of the molecule is Cc1c(-c2cnc(N)c3c(-c4ccc(NC(=O)Nc5cccc(C(F)(F)F)c5)c5ccccc45)nc(C)n23)cnn1C. The summed E-state index contributed by atoms with van der Waals surface area (Å²) in [6, 6.07) is 14.8. The highest BCUT2D eigenvalue weighted by Crippen LogP contribution is 2.38. The Bertz CT molecular complexity index is 2010. The van der Waals surface area contributed by atoms with Gasteiger partial charge in [-0.25, -0.2) is 14.8 Å². The molecule has 3 heterocycles. The first kappa shape index (κ1) is 26.8. The van der Waals surface area contributed by atoms with Gasteiger partial charge in [0.15, 0.2) is 0 Å². The zero-order valence-corrected chi connectivity index (χ0v) is 22.8. The van der Waals surface area contributed by atoms with E-state index in [0.29, 0.717) is 33.9 Å². The fraction of sp³-hybridized carbons (Fsp3) is 0.133. The molecule has 6 rings (SSSR count). The minimum Gasteiger partial charge on any atom is -0.382 e. The van der Waals surface area contributed by atoms with Crippen LogP contribution >= 0.6 is 0 Å². The average molecular weight is 571 g/mol. The van der Waals surface area contributed by atoms with E-state index >= 15 is 0 Å². The standard InChI is InChI=1S/C30H25F3N8O/c1-16-23(14-36-40(16)3)25-15-35-28(34)27-26(37-17(2)41(25)27)22-11-12-24(21-10-5-4-9-20(21)22)39-29(42)38-19-8-6-7-18(13-19)30(31,32)33/h4-15H,1-3H3,(H2,34,35)(H2,38,39,42). The molecule has 0 spiro atoms. The second-order valence-electron chi connectivity index (χ2n) is 9.85. The molecule has 212 valence electrons. The number of halogens is 3. The fourth-order valence-corrected chi connectivity index (χ4v) is 5.11. The van der Waals surface area contributed by atoms with Crippen molar-refractivity contribution < 1.29 is 18.0 Å². The van der Waals surface area contributed by atoms with Crippen LogP contribution in [0.1, 0.15) is 17.1 Å². The molecular weight excluding hydrogens is 545 g/mol. The topological polar surface area (TPSA) is 115 Å². The van der Waals surface area contributed by atoms with Crippen molar-refractivity contribution in [1.29, 1.82) is 0 Å². The highest BCUT2D eigenvalue weighted by atomic mass is 19.4. The second kappa shape index (κ2) is 9.91. The van der Waals surface area contributed by atoms with Gasteiger partial charge in [-0.05, 0) is 43.5 Å². The van der Waals surface area contributed by atoms with Crippen LogP contribution in [-0.4, -0.2) is 30.2 Å². The summed E-state index contributed by atoms with van der Waals surface area (Å²) in [7, 11) is 1.87. The summed E-state index contributed by atoms with van der Waals surface area (Å²) in [5.74, 6) is 1.02. The van der Waals surface area contributed by atoms with Gasteiger partial charge in [0.2, 0.25) is 0 Å². The van der Waals surface area contributed by atoms with Crippen molar-refractivity contribution in [2.75, 3.05) is 16.4 Å². The van der Waals surface area contributed by atoms with Crippen LogP contribution in [0, 0.1) is 13.8 Å². The average Bonchev–Trinajstić information content (AvgIpc) is 3.48. The van der Waals surface area contributed by atoms with E-state index in [-0.39, 0.29) is 5.69 Å². The van der Waals surface area contributed by atoms with Gasteiger partial charge >= 0.3 is 12.2 Å². The van der Waals surface area contributed by atoms with Crippen LogP contribution < -0.4 is 16.4 Å². The molecule has 0 aliphatic rings. The van der Waals surface area contributed by atoms with Crippen LogP contribution in [0.2, 0.25) is 0 Å². The first-order valence-electron chi connectivity index (χ1n) is 12.9. The summed E-state index contributed by atoms with van der Waals surface area (Å²) >= 11 is 0. The molecule has 0 atom stereocenters. The number of fused-ring (bicyclic) bond motifs is 2. The number of imidazole rings is 1. The molecule has 9 nitrogen and oxygen atoms in total. The Labute approximate surface area is 237 Å². The van der Waals surface area contributed by atoms with Gasteiger partial charge in [-0.1, -0.05) is 36.4 Å². The van der Waals surface area contributed by atoms with Crippen LogP contribution in [0.15, 0.2) is 73.1 Å². The monoisotopic (exact) mass is 570 g/mol. The summed E-state index contributed by atoms with van der Waals surface area (Å²) < 4.78 is 43.1. The predicted molar refractivity (Wildman–Crippen MR) is 156 cm³/mol. The molecule has 0 saturated carbocycles. The van der Waals surface area contributed by atoms with Crippen molar-refractivity contribution in [2.24, 2.45) is 7.05 Å². The molecule has 0 saturated heterocycles. The lowest BCUT2D eigenvalue weighted by molar-refractivity contribution is -0.137. The Kier molecular flexibility index (Phi) is 6.33. The van der Waals surface area contributed by atoms with E-state index in [4.69, 9.17) is 10.7 Å². The van der Waals surface area contributed by atoms with Crippen molar-refractivity contribution in [2.45, 2.75) is 20.0 Å². The zero-order chi connectivity index (χ0) is 29.8. The van der Waals surface area contributed by atoms with E-state index in [1.165, 1.54) is 12.1 Å². The number of rotatable bonds is 4. The third-order valence-corrected chi connectivity index (χ3v) is 7.24. The Morgan fingerprint density at radius 1 is 0.929 bits per heavy atom. The predicted octanol–water partition coefficient (Wildman–Crippen LogP) is 6.81. The van der Waals surface area contributed by atoms with Crippen LogP contribution in [0.3, 0.4) is 0 Å². The molecule has 12 heteroatoms. The largest absolute Gasteiger partial charge is 0.416 e. The second-order valence-corrected chi connectivity index (χ2v) is 9.85. The number of nitrogens with one attached hydrogen (secondary N) is 2. The first-order valence-corrected chi connectivity index (χ1v) is 12.9. The van der Waals surface area contributed by atoms with E-state index in [0.717, 1.165) is 40.0 Å². The molecule has 3 aromatic carbocycles. The minimum atomic E-state index is -4.52. The van der Waals surface area contributed by atoms with Crippen molar-refractivity contribution in [3.63, 3.8) is 0 Å². The van der Waals surface area contributed by atoms with Gasteiger partial charge in [0.05, 0.1) is 29.3 Å². The zero-order valence-electron chi connectivity index (χ0n) is 22.8. The number of carbonyl (C=O) groups is 1.